The second kappa shape index (κ2) is 9.21. The van der Waals surface area contributed by atoms with E-state index in [1.165, 1.54) is 12.0 Å². The summed E-state index contributed by atoms with van der Waals surface area (Å²) in [5.41, 5.74) is 3.59. The summed E-state index contributed by atoms with van der Waals surface area (Å²) in [4.78, 5) is 31.6. The molecule has 2 heterocycles. The fraction of sp³-hybridized carbons (Fsp3) is 0.172. The van der Waals surface area contributed by atoms with Gasteiger partial charge in [0, 0.05) is 33.9 Å². The topological polar surface area (TPSA) is 82.6 Å². The Kier molecular flexibility index (Phi) is 6.06. The number of benzene rings is 3. The molecule has 0 bridgehead atoms. The summed E-state index contributed by atoms with van der Waals surface area (Å²) in [6, 6.07) is 19.1. The van der Waals surface area contributed by atoms with Crippen LogP contribution in [0.25, 0.3) is 16.7 Å². The molecule has 182 valence electrons. The van der Waals surface area contributed by atoms with Crippen LogP contribution >= 0.6 is 11.6 Å². The number of rotatable bonds is 5. The lowest BCUT2D eigenvalue weighted by molar-refractivity contribution is -0.132. The number of methoxy groups -OCH3 is 1. The van der Waals surface area contributed by atoms with Crippen molar-refractivity contribution in [1.29, 1.82) is 0 Å². The molecule has 1 unspecified atom stereocenters. The van der Waals surface area contributed by atoms with Crippen molar-refractivity contribution < 1.29 is 19.4 Å². The number of carbonyl (C=O) groups is 2. The summed E-state index contributed by atoms with van der Waals surface area (Å²) in [5.74, 6) is -1.09. The van der Waals surface area contributed by atoms with Crippen LogP contribution in [0.3, 0.4) is 0 Å². The van der Waals surface area contributed by atoms with Gasteiger partial charge in [-0.3, -0.25) is 14.5 Å². The third-order valence-electron chi connectivity index (χ3n) is 6.62. The van der Waals surface area contributed by atoms with Crippen LogP contribution in [0.15, 0.2) is 78.5 Å². The molecule has 1 aliphatic heterocycles. The van der Waals surface area contributed by atoms with E-state index in [4.69, 9.17) is 16.3 Å². The van der Waals surface area contributed by atoms with Crippen LogP contribution in [0.4, 0.5) is 5.69 Å². The number of aromatic amines is 1. The van der Waals surface area contributed by atoms with Crippen molar-refractivity contribution in [3.63, 3.8) is 0 Å². The third-order valence-corrected chi connectivity index (χ3v) is 6.93. The number of ether oxygens (including phenoxy) is 1. The highest BCUT2D eigenvalue weighted by molar-refractivity contribution is 6.52. The number of amides is 1. The fourth-order valence-electron chi connectivity index (χ4n) is 4.70. The number of halogens is 1. The number of aliphatic hydroxyl groups excluding tert-OH is 1. The van der Waals surface area contributed by atoms with Crippen molar-refractivity contribution in [1.82, 2.24) is 4.98 Å². The molecule has 2 N–H and O–H groups in total. The van der Waals surface area contributed by atoms with E-state index >= 15 is 0 Å². The maximum atomic E-state index is 13.5. The molecule has 1 aromatic heterocycles. The SMILES string of the molecule is COc1cc(/C(O)=C2\C(=O)C(=O)N(c3ccc(C(C)C)cc3)C2c2c[nH]c3ccccc23)ccc1Cl. The normalized spacial score (nSPS) is 17.4. The van der Waals surface area contributed by atoms with Gasteiger partial charge in [-0.2, -0.15) is 0 Å². The molecule has 1 saturated heterocycles. The van der Waals surface area contributed by atoms with Gasteiger partial charge in [-0.1, -0.05) is 55.8 Å². The first kappa shape index (κ1) is 23.7. The summed E-state index contributed by atoms with van der Waals surface area (Å²) in [6.45, 7) is 4.18. The lowest BCUT2D eigenvalue weighted by atomic mass is 9.94. The van der Waals surface area contributed by atoms with Gasteiger partial charge in [0.05, 0.1) is 23.7 Å². The molecular formula is C29H25ClN2O4. The van der Waals surface area contributed by atoms with Crippen molar-refractivity contribution in [2.75, 3.05) is 12.0 Å². The molecule has 5 rings (SSSR count). The molecule has 0 spiro atoms. The van der Waals surface area contributed by atoms with Gasteiger partial charge in [-0.15, -0.1) is 0 Å². The molecule has 4 aromatic rings. The van der Waals surface area contributed by atoms with E-state index in [-0.39, 0.29) is 11.3 Å². The quantitative estimate of drug-likeness (QED) is 0.184. The maximum absolute atomic E-state index is 13.5. The van der Waals surface area contributed by atoms with E-state index < -0.39 is 17.7 Å². The molecule has 6 nitrogen and oxygen atoms in total. The van der Waals surface area contributed by atoms with E-state index in [1.807, 2.05) is 48.5 Å². The van der Waals surface area contributed by atoms with Crippen molar-refractivity contribution in [2.45, 2.75) is 25.8 Å². The zero-order valence-corrected chi connectivity index (χ0v) is 20.8. The van der Waals surface area contributed by atoms with Gasteiger partial charge in [0.15, 0.2) is 0 Å². The lowest BCUT2D eigenvalue weighted by Crippen LogP contribution is -2.29. The molecule has 1 atom stereocenters. The lowest BCUT2D eigenvalue weighted by Gasteiger charge is -2.25. The average molecular weight is 501 g/mol. The minimum Gasteiger partial charge on any atom is -0.507 e. The third kappa shape index (κ3) is 3.84. The standard InChI is InChI=1S/C29H25ClN2O4/c1-16(2)17-8-11-19(12-9-17)32-26(21-15-31-23-7-5-4-6-20(21)23)25(28(34)29(32)35)27(33)18-10-13-22(30)24(14-18)36-3/h4-16,26,31,33H,1-3H3/b27-25+. The Morgan fingerprint density at radius 1 is 1.06 bits per heavy atom. The largest absolute Gasteiger partial charge is 0.507 e. The van der Waals surface area contributed by atoms with Gasteiger partial charge in [0.25, 0.3) is 11.7 Å². The number of aliphatic hydroxyl groups is 1. The van der Waals surface area contributed by atoms with Crippen LogP contribution in [-0.2, 0) is 9.59 Å². The smallest absolute Gasteiger partial charge is 0.300 e. The van der Waals surface area contributed by atoms with Crippen molar-refractivity contribution in [3.05, 3.63) is 100 Å². The van der Waals surface area contributed by atoms with E-state index in [0.717, 1.165) is 16.5 Å². The Morgan fingerprint density at radius 3 is 2.47 bits per heavy atom. The fourth-order valence-corrected chi connectivity index (χ4v) is 4.89. The summed E-state index contributed by atoms with van der Waals surface area (Å²) in [7, 11) is 1.47. The molecule has 0 aliphatic carbocycles. The molecule has 7 heteroatoms. The highest BCUT2D eigenvalue weighted by Gasteiger charge is 2.47. The van der Waals surface area contributed by atoms with Crippen molar-refractivity contribution in [2.24, 2.45) is 0 Å². The van der Waals surface area contributed by atoms with Gasteiger partial charge >= 0.3 is 0 Å². The number of nitrogens with one attached hydrogen (secondary N) is 1. The highest BCUT2D eigenvalue weighted by atomic mass is 35.5. The Hall–Kier alpha value is -4.03. The Labute approximate surface area is 213 Å². The van der Waals surface area contributed by atoms with Crippen molar-refractivity contribution >= 4 is 45.6 Å². The maximum Gasteiger partial charge on any atom is 0.300 e. The number of H-pyrrole nitrogens is 1. The number of ketones is 1. The monoisotopic (exact) mass is 500 g/mol. The van der Waals surface area contributed by atoms with Crippen LogP contribution in [0.1, 0.15) is 42.5 Å². The minimum atomic E-state index is -0.840. The van der Waals surface area contributed by atoms with Gasteiger partial charge in [0.1, 0.15) is 11.5 Å². The highest BCUT2D eigenvalue weighted by Crippen LogP contribution is 2.44. The molecule has 0 saturated carbocycles. The second-order valence-electron chi connectivity index (χ2n) is 9.05. The van der Waals surface area contributed by atoms with Gasteiger partial charge in [-0.25, -0.2) is 0 Å². The Balaban J connectivity index is 1.74. The minimum absolute atomic E-state index is 0.00191. The Morgan fingerprint density at radius 2 is 1.78 bits per heavy atom. The molecular weight excluding hydrogens is 476 g/mol. The first-order valence-electron chi connectivity index (χ1n) is 11.6. The van der Waals surface area contributed by atoms with Crippen LogP contribution in [0.5, 0.6) is 5.75 Å². The van der Waals surface area contributed by atoms with E-state index in [0.29, 0.717) is 33.5 Å². The summed E-state index contributed by atoms with van der Waals surface area (Å²) < 4.78 is 5.29. The van der Waals surface area contributed by atoms with Crippen LogP contribution in [0, 0.1) is 0 Å². The molecule has 1 fully saturated rings. The number of para-hydroxylation sites is 1. The first-order chi connectivity index (χ1) is 17.3. The van der Waals surface area contributed by atoms with Crippen LogP contribution in [0.2, 0.25) is 5.02 Å². The number of anilines is 1. The van der Waals surface area contributed by atoms with Gasteiger partial charge < -0.3 is 14.8 Å². The second-order valence-corrected chi connectivity index (χ2v) is 9.46. The van der Waals surface area contributed by atoms with Gasteiger partial charge in [0.2, 0.25) is 0 Å². The van der Waals surface area contributed by atoms with Crippen LogP contribution in [-0.4, -0.2) is 28.9 Å². The average Bonchev–Trinajstić information content (AvgIpc) is 3.42. The number of hydrogen-bond acceptors (Lipinski definition) is 4. The number of carbonyl (C=O) groups excluding carboxylic acids is 2. The number of fused-ring (bicyclic) bond motifs is 1. The predicted octanol–water partition coefficient (Wildman–Crippen LogP) is 6.58. The molecule has 36 heavy (non-hydrogen) atoms. The Bertz CT molecular complexity index is 1520. The zero-order valence-electron chi connectivity index (χ0n) is 20.1. The predicted molar refractivity (Wildman–Crippen MR) is 142 cm³/mol. The summed E-state index contributed by atoms with van der Waals surface area (Å²) >= 11 is 6.17. The van der Waals surface area contributed by atoms with E-state index in [2.05, 4.69) is 18.8 Å². The molecule has 3 aromatic carbocycles. The molecule has 1 amide bonds. The molecule has 0 radical (unpaired) electrons. The summed E-state index contributed by atoms with van der Waals surface area (Å²) in [5, 5.41) is 12.6. The summed E-state index contributed by atoms with van der Waals surface area (Å²) in [6.07, 6.45) is 1.78. The molecule has 1 aliphatic rings. The zero-order chi connectivity index (χ0) is 25.6. The number of aromatic nitrogens is 1. The van der Waals surface area contributed by atoms with E-state index in [9.17, 15) is 14.7 Å². The van der Waals surface area contributed by atoms with Crippen molar-refractivity contribution in [3.8, 4) is 5.75 Å². The van der Waals surface area contributed by atoms with E-state index in [1.54, 1.807) is 24.4 Å². The first-order valence-corrected chi connectivity index (χ1v) is 12.0. The number of Topliss-reactive ketones (excluding diaryl/α,β-unsaturated/α-hetero) is 1. The number of nitrogens with zero attached hydrogens (tertiary/aromatic N) is 1. The number of hydrogen-bond donors (Lipinski definition) is 2. The van der Waals surface area contributed by atoms with Gasteiger partial charge in [-0.05, 0) is 47.9 Å². The van der Waals surface area contributed by atoms with Crippen LogP contribution < -0.4 is 9.64 Å².